The number of nitrogens with one attached hydrogen (secondary N) is 1. The fourth-order valence-corrected chi connectivity index (χ4v) is 2.64. The van der Waals surface area contributed by atoms with Gasteiger partial charge in [-0.1, -0.05) is 50.2 Å². The second-order valence-corrected chi connectivity index (χ2v) is 6.44. The summed E-state index contributed by atoms with van der Waals surface area (Å²) >= 11 is 0. The minimum atomic E-state index is -0.0825. The van der Waals surface area contributed by atoms with Gasteiger partial charge in [0.05, 0.1) is 0 Å². The first-order valence-corrected chi connectivity index (χ1v) is 8.82. The molecule has 0 aliphatic rings. The van der Waals surface area contributed by atoms with Crippen molar-refractivity contribution in [1.29, 1.82) is 0 Å². The van der Waals surface area contributed by atoms with Crippen LogP contribution in [0.4, 0.5) is 5.69 Å². The van der Waals surface area contributed by atoms with Gasteiger partial charge in [-0.15, -0.1) is 0 Å². The van der Waals surface area contributed by atoms with Crippen LogP contribution in [0.5, 0.6) is 5.75 Å². The Morgan fingerprint density at radius 2 is 1.76 bits per heavy atom. The highest BCUT2D eigenvalue weighted by Gasteiger charge is 2.09. The molecule has 0 fully saturated rings. The van der Waals surface area contributed by atoms with Gasteiger partial charge < -0.3 is 15.0 Å². The Balaban J connectivity index is 1.68. The SMILES string of the molecule is CC(C)c1ccccc1OCC(=O)NCCCN(C)c1ccccc1. The van der Waals surface area contributed by atoms with Gasteiger partial charge in [0.15, 0.2) is 6.61 Å². The molecular weight excluding hydrogens is 312 g/mol. The molecule has 0 aromatic heterocycles. The molecule has 0 aliphatic heterocycles. The van der Waals surface area contributed by atoms with Crippen LogP contribution in [0.25, 0.3) is 0 Å². The normalized spacial score (nSPS) is 10.6. The third-order valence-electron chi connectivity index (χ3n) is 4.09. The van der Waals surface area contributed by atoms with Gasteiger partial charge in [0, 0.05) is 25.8 Å². The number of amides is 1. The van der Waals surface area contributed by atoms with Gasteiger partial charge in [-0.3, -0.25) is 4.79 Å². The van der Waals surface area contributed by atoms with E-state index in [1.54, 1.807) is 0 Å². The van der Waals surface area contributed by atoms with Gasteiger partial charge >= 0.3 is 0 Å². The molecule has 0 saturated carbocycles. The fraction of sp³-hybridized carbons (Fsp3) is 0.381. The third-order valence-corrected chi connectivity index (χ3v) is 4.09. The number of nitrogens with zero attached hydrogens (tertiary/aromatic N) is 1. The molecule has 134 valence electrons. The zero-order valence-electron chi connectivity index (χ0n) is 15.4. The molecule has 0 heterocycles. The van der Waals surface area contributed by atoms with Crippen molar-refractivity contribution in [2.24, 2.45) is 0 Å². The average Bonchev–Trinajstić information content (AvgIpc) is 2.64. The van der Waals surface area contributed by atoms with Gasteiger partial charge in [0.1, 0.15) is 5.75 Å². The van der Waals surface area contributed by atoms with Crippen LogP contribution < -0.4 is 15.0 Å². The van der Waals surface area contributed by atoms with Gasteiger partial charge in [0.2, 0.25) is 0 Å². The van der Waals surface area contributed by atoms with Crippen LogP contribution >= 0.6 is 0 Å². The first-order valence-electron chi connectivity index (χ1n) is 8.82. The predicted octanol–water partition coefficient (Wildman–Crippen LogP) is 3.83. The van der Waals surface area contributed by atoms with E-state index in [0.717, 1.165) is 24.3 Å². The fourth-order valence-electron chi connectivity index (χ4n) is 2.64. The van der Waals surface area contributed by atoms with Gasteiger partial charge in [-0.2, -0.15) is 0 Å². The maximum absolute atomic E-state index is 12.0. The van der Waals surface area contributed by atoms with Crippen molar-refractivity contribution in [3.05, 3.63) is 60.2 Å². The second-order valence-electron chi connectivity index (χ2n) is 6.44. The van der Waals surface area contributed by atoms with Crippen molar-refractivity contribution >= 4 is 11.6 Å². The molecule has 0 unspecified atom stereocenters. The summed E-state index contributed by atoms with van der Waals surface area (Å²) < 4.78 is 5.69. The number of carbonyl (C=O) groups is 1. The highest BCUT2D eigenvalue weighted by Crippen LogP contribution is 2.25. The summed E-state index contributed by atoms with van der Waals surface area (Å²) in [7, 11) is 2.06. The highest BCUT2D eigenvalue weighted by molar-refractivity contribution is 5.77. The summed E-state index contributed by atoms with van der Waals surface area (Å²) in [6, 6.07) is 18.1. The first-order chi connectivity index (χ1) is 12.1. The minimum absolute atomic E-state index is 0.0538. The molecule has 0 atom stereocenters. The largest absolute Gasteiger partial charge is 0.483 e. The summed E-state index contributed by atoms with van der Waals surface area (Å²) in [5.41, 5.74) is 2.31. The maximum Gasteiger partial charge on any atom is 0.257 e. The van der Waals surface area contributed by atoms with Crippen LogP contribution in [0.3, 0.4) is 0 Å². The Labute approximate surface area is 150 Å². The lowest BCUT2D eigenvalue weighted by Gasteiger charge is -2.19. The quantitative estimate of drug-likeness (QED) is 0.705. The molecule has 1 N–H and O–H groups in total. The topological polar surface area (TPSA) is 41.6 Å². The molecule has 2 aromatic carbocycles. The number of para-hydroxylation sites is 2. The molecule has 0 bridgehead atoms. The number of anilines is 1. The van der Waals surface area contributed by atoms with E-state index in [-0.39, 0.29) is 12.5 Å². The predicted molar refractivity (Wildman–Crippen MR) is 103 cm³/mol. The van der Waals surface area contributed by atoms with Crippen LogP contribution in [-0.2, 0) is 4.79 Å². The third kappa shape index (κ3) is 6.14. The molecule has 25 heavy (non-hydrogen) atoms. The van der Waals surface area contributed by atoms with Crippen LogP contribution in [0.1, 0.15) is 31.7 Å². The maximum atomic E-state index is 12.0. The van der Waals surface area contributed by atoms with E-state index in [9.17, 15) is 4.79 Å². The Morgan fingerprint density at radius 3 is 2.48 bits per heavy atom. The zero-order valence-corrected chi connectivity index (χ0v) is 15.4. The van der Waals surface area contributed by atoms with Gasteiger partial charge in [-0.25, -0.2) is 0 Å². The van der Waals surface area contributed by atoms with Crippen LogP contribution in [-0.4, -0.2) is 32.7 Å². The molecule has 4 heteroatoms. The van der Waals surface area contributed by atoms with Crippen molar-refractivity contribution in [2.45, 2.75) is 26.2 Å². The van der Waals surface area contributed by atoms with E-state index >= 15 is 0 Å². The smallest absolute Gasteiger partial charge is 0.257 e. The highest BCUT2D eigenvalue weighted by atomic mass is 16.5. The van der Waals surface area contributed by atoms with E-state index < -0.39 is 0 Å². The number of ether oxygens (including phenoxy) is 1. The van der Waals surface area contributed by atoms with Gasteiger partial charge in [-0.05, 0) is 36.1 Å². The van der Waals surface area contributed by atoms with E-state index in [2.05, 4.69) is 43.2 Å². The zero-order chi connectivity index (χ0) is 18.1. The van der Waals surface area contributed by atoms with Crippen molar-refractivity contribution in [2.75, 3.05) is 31.6 Å². The molecule has 0 radical (unpaired) electrons. The molecular formula is C21H28N2O2. The number of benzene rings is 2. The molecule has 0 aliphatic carbocycles. The molecule has 2 aromatic rings. The molecule has 0 spiro atoms. The van der Waals surface area contributed by atoms with Crippen molar-refractivity contribution in [3.8, 4) is 5.75 Å². The number of rotatable bonds is 9. The Bertz CT molecular complexity index is 656. The van der Waals surface area contributed by atoms with Crippen molar-refractivity contribution < 1.29 is 9.53 Å². The Kier molecular flexibility index (Phi) is 7.33. The molecule has 2 rings (SSSR count). The molecule has 1 amide bonds. The van der Waals surface area contributed by atoms with Crippen LogP contribution in [0, 0.1) is 0 Å². The van der Waals surface area contributed by atoms with Crippen LogP contribution in [0.15, 0.2) is 54.6 Å². The van der Waals surface area contributed by atoms with E-state index in [0.29, 0.717) is 12.5 Å². The lowest BCUT2D eigenvalue weighted by Crippen LogP contribution is -2.31. The van der Waals surface area contributed by atoms with Crippen molar-refractivity contribution in [1.82, 2.24) is 5.32 Å². The number of hydrogen-bond donors (Lipinski definition) is 1. The summed E-state index contributed by atoms with van der Waals surface area (Å²) in [5.74, 6) is 1.07. The molecule has 0 saturated heterocycles. The number of hydrogen-bond acceptors (Lipinski definition) is 3. The summed E-state index contributed by atoms with van der Waals surface area (Å²) in [4.78, 5) is 14.1. The Hall–Kier alpha value is -2.49. The molecule has 4 nitrogen and oxygen atoms in total. The van der Waals surface area contributed by atoms with Crippen LogP contribution in [0.2, 0.25) is 0 Å². The standard InChI is InChI=1S/C21H28N2O2/c1-17(2)19-12-7-8-13-20(19)25-16-21(24)22-14-9-15-23(3)18-10-5-4-6-11-18/h4-8,10-13,17H,9,14-16H2,1-3H3,(H,22,24). The van der Waals surface area contributed by atoms with E-state index in [4.69, 9.17) is 4.74 Å². The second kappa shape index (κ2) is 9.72. The van der Waals surface area contributed by atoms with Gasteiger partial charge in [0.25, 0.3) is 5.91 Å². The Morgan fingerprint density at radius 1 is 1.08 bits per heavy atom. The lowest BCUT2D eigenvalue weighted by atomic mass is 10.0. The summed E-state index contributed by atoms with van der Waals surface area (Å²) in [6.07, 6.45) is 0.889. The monoisotopic (exact) mass is 340 g/mol. The lowest BCUT2D eigenvalue weighted by molar-refractivity contribution is -0.123. The van der Waals surface area contributed by atoms with E-state index in [1.165, 1.54) is 5.69 Å². The van der Waals surface area contributed by atoms with Crippen molar-refractivity contribution in [3.63, 3.8) is 0 Å². The summed E-state index contributed by atoms with van der Waals surface area (Å²) in [6.45, 7) is 5.82. The summed E-state index contributed by atoms with van der Waals surface area (Å²) in [5, 5.41) is 2.92. The minimum Gasteiger partial charge on any atom is -0.483 e. The average molecular weight is 340 g/mol. The number of carbonyl (C=O) groups excluding carboxylic acids is 1. The van der Waals surface area contributed by atoms with E-state index in [1.807, 2.05) is 42.5 Å². The first kappa shape index (κ1) is 18.8.